The van der Waals surface area contributed by atoms with Crippen molar-refractivity contribution in [2.45, 2.75) is 50.0 Å². The third kappa shape index (κ3) is 4.36. The summed E-state index contributed by atoms with van der Waals surface area (Å²) in [5.41, 5.74) is 1.70. The highest BCUT2D eigenvalue weighted by Crippen LogP contribution is 2.42. The Bertz CT molecular complexity index is 1000. The van der Waals surface area contributed by atoms with Crippen LogP contribution in [0.4, 0.5) is 19.1 Å². The summed E-state index contributed by atoms with van der Waals surface area (Å²) < 4.78 is 47.4. The van der Waals surface area contributed by atoms with Crippen LogP contribution in [0.1, 0.15) is 53.1 Å². The van der Waals surface area contributed by atoms with E-state index >= 15 is 0 Å². The van der Waals surface area contributed by atoms with Gasteiger partial charge in [0.05, 0.1) is 24.3 Å². The normalized spacial score (nSPS) is 19.7. The SMILES string of the molecule is O=C(c1cnc(NCc2cc(OC(F)(F)F)cc(C3CC3)c2)nc1)N1CCCC12COC2. The molecule has 170 valence electrons. The minimum absolute atomic E-state index is 0.108. The number of carbonyl (C=O) groups is 1. The van der Waals surface area contributed by atoms with Crippen LogP contribution in [0.15, 0.2) is 30.6 Å². The molecule has 0 atom stereocenters. The van der Waals surface area contributed by atoms with Gasteiger partial charge in [-0.2, -0.15) is 0 Å². The molecular formula is C22H23F3N4O3. The molecule has 3 heterocycles. The van der Waals surface area contributed by atoms with Gasteiger partial charge in [0, 0.05) is 25.5 Å². The van der Waals surface area contributed by atoms with E-state index in [4.69, 9.17) is 4.74 Å². The Labute approximate surface area is 182 Å². The van der Waals surface area contributed by atoms with Crippen molar-refractivity contribution in [3.63, 3.8) is 0 Å². The van der Waals surface area contributed by atoms with Gasteiger partial charge in [0.2, 0.25) is 5.95 Å². The van der Waals surface area contributed by atoms with Crippen LogP contribution in [0.25, 0.3) is 0 Å². The minimum Gasteiger partial charge on any atom is -0.406 e. The second-order valence-corrected chi connectivity index (χ2v) is 8.66. The number of likely N-dealkylation sites (tertiary alicyclic amines) is 1. The van der Waals surface area contributed by atoms with Crippen LogP contribution in [0.3, 0.4) is 0 Å². The summed E-state index contributed by atoms with van der Waals surface area (Å²) >= 11 is 0. The van der Waals surface area contributed by atoms with Crippen LogP contribution in [0.5, 0.6) is 5.75 Å². The van der Waals surface area contributed by atoms with Crippen molar-refractivity contribution in [1.82, 2.24) is 14.9 Å². The molecular weight excluding hydrogens is 425 g/mol. The lowest BCUT2D eigenvalue weighted by Crippen LogP contribution is -2.60. The molecule has 0 unspecified atom stereocenters. The summed E-state index contributed by atoms with van der Waals surface area (Å²) in [4.78, 5) is 23.2. The Kier molecular flexibility index (Phi) is 5.19. The molecule has 1 aliphatic carbocycles. The second kappa shape index (κ2) is 7.91. The van der Waals surface area contributed by atoms with E-state index in [2.05, 4.69) is 20.0 Å². The van der Waals surface area contributed by atoms with Gasteiger partial charge >= 0.3 is 6.36 Å². The summed E-state index contributed by atoms with van der Waals surface area (Å²) in [7, 11) is 0. The fourth-order valence-electron chi connectivity index (χ4n) is 4.39. The Hall–Kier alpha value is -2.88. The summed E-state index contributed by atoms with van der Waals surface area (Å²) in [6.45, 7) is 2.06. The largest absolute Gasteiger partial charge is 0.573 e. The molecule has 1 aromatic heterocycles. The number of aromatic nitrogens is 2. The summed E-state index contributed by atoms with van der Waals surface area (Å²) in [5.74, 6) is 0.241. The summed E-state index contributed by atoms with van der Waals surface area (Å²) in [5, 5.41) is 3.01. The predicted octanol–water partition coefficient (Wildman–Crippen LogP) is 3.87. The molecule has 32 heavy (non-hydrogen) atoms. The van der Waals surface area contributed by atoms with E-state index in [0.717, 1.165) is 31.2 Å². The first-order chi connectivity index (χ1) is 15.3. The first kappa shape index (κ1) is 21.0. The van der Waals surface area contributed by atoms with E-state index in [1.165, 1.54) is 24.5 Å². The van der Waals surface area contributed by atoms with Crippen molar-refractivity contribution < 1.29 is 27.4 Å². The van der Waals surface area contributed by atoms with Gasteiger partial charge < -0.3 is 19.7 Å². The molecule has 7 nitrogen and oxygen atoms in total. The van der Waals surface area contributed by atoms with Crippen LogP contribution in [0.2, 0.25) is 0 Å². The maximum atomic E-state index is 12.9. The quantitative estimate of drug-likeness (QED) is 0.723. The number of amides is 1. The number of nitrogens with zero attached hydrogens (tertiary/aromatic N) is 3. The molecule has 1 N–H and O–H groups in total. The zero-order valence-corrected chi connectivity index (χ0v) is 17.3. The molecule has 1 aromatic carbocycles. The molecule has 1 amide bonds. The number of anilines is 1. The number of benzene rings is 1. The van der Waals surface area contributed by atoms with Crippen molar-refractivity contribution in [2.24, 2.45) is 0 Å². The molecule has 1 spiro atoms. The molecule has 0 bridgehead atoms. The average molecular weight is 448 g/mol. The topological polar surface area (TPSA) is 76.6 Å². The number of rotatable bonds is 6. The maximum Gasteiger partial charge on any atom is 0.573 e. The number of alkyl halides is 3. The van der Waals surface area contributed by atoms with Gasteiger partial charge in [-0.1, -0.05) is 6.07 Å². The second-order valence-electron chi connectivity index (χ2n) is 8.66. The summed E-state index contributed by atoms with van der Waals surface area (Å²) in [6.07, 6.45) is 2.04. The fourth-order valence-corrected chi connectivity index (χ4v) is 4.39. The van der Waals surface area contributed by atoms with E-state index in [-0.39, 0.29) is 29.7 Å². The van der Waals surface area contributed by atoms with Gasteiger partial charge in [-0.25, -0.2) is 9.97 Å². The minimum atomic E-state index is -4.74. The standard InChI is InChI=1S/C22H23F3N4O3/c23-22(24,25)32-18-7-14(6-16(8-18)15-2-3-15)9-26-20-27-10-17(11-28-20)19(30)29-5-1-4-21(29)12-31-13-21/h6-8,10-11,15H,1-5,9,12-13H2,(H,26,27,28). The molecule has 3 fully saturated rings. The van der Waals surface area contributed by atoms with Gasteiger partial charge in [-0.05, 0) is 54.9 Å². The monoisotopic (exact) mass is 448 g/mol. The lowest BCUT2D eigenvalue weighted by molar-refractivity contribution is -0.274. The van der Waals surface area contributed by atoms with Crippen LogP contribution < -0.4 is 10.1 Å². The Balaban J connectivity index is 1.25. The zero-order valence-electron chi connectivity index (χ0n) is 17.3. The molecule has 3 aliphatic rings. The van der Waals surface area contributed by atoms with Crippen LogP contribution in [-0.2, 0) is 11.3 Å². The fraction of sp³-hybridized carbons (Fsp3) is 0.500. The number of nitrogens with one attached hydrogen (secondary N) is 1. The number of ether oxygens (including phenoxy) is 2. The van der Waals surface area contributed by atoms with Crippen LogP contribution >= 0.6 is 0 Å². The molecule has 2 aliphatic heterocycles. The number of hydrogen-bond acceptors (Lipinski definition) is 6. The predicted molar refractivity (Wildman–Crippen MR) is 108 cm³/mol. The van der Waals surface area contributed by atoms with Crippen molar-refractivity contribution in [1.29, 1.82) is 0 Å². The van der Waals surface area contributed by atoms with Gasteiger partial charge in [0.1, 0.15) is 5.75 Å². The first-order valence-corrected chi connectivity index (χ1v) is 10.7. The van der Waals surface area contributed by atoms with Crippen molar-refractivity contribution in [3.8, 4) is 5.75 Å². The molecule has 5 rings (SSSR count). The molecule has 2 aromatic rings. The Morgan fingerprint density at radius 1 is 1.22 bits per heavy atom. The highest BCUT2D eigenvalue weighted by Gasteiger charge is 2.49. The van der Waals surface area contributed by atoms with Gasteiger partial charge in [-0.3, -0.25) is 4.79 Å². The lowest BCUT2D eigenvalue weighted by Gasteiger charge is -2.45. The van der Waals surface area contributed by atoms with Crippen molar-refractivity contribution in [3.05, 3.63) is 47.3 Å². The molecule has 1 saturated carbocycles. The zero-order chi connectivity index (χ0) is 22.3. The number of halogens is 3. The van der Waals surface area contributed by atoms with Crippen molar-refractivity contribution in [2.75, 3.05) is 25.1 Å². The highest BCUT2D eigenvalue weighted by molar-refractivity contribution is 5.94. The Morgan fingerprint density at radius 2 is 1.97 bits per heavy atom. The van der Waals surface area contributed by atoms with Gasteiger partial charge in [0.15, 0.2) is 0 Å². The third-order valence-corrected chi connectivity index (χ3v) is 6.20. The van der Waals surface area contributed by atoms with Crippen molar-refractivity contribution >= 4 is 11.9 Å². The molecule has 10 heteroatoms. The lowest BCUT2D eigenvalue weighted by atomic mass is 9.94. The Morgan fingerprint density at radius 3 is 2.59 bits per heavy atom. The highest BCUT2D eigenvalue weighted by atomic mass is 19.4. The van der Waals surface area contributed by atoms with E-state index in [1.807, 2.05) is 11.0 Å². The van der Waals surface area contributed by atoms with Gasteiger partial charge in [-0.15, -0.1) is 13.2 Å². The molecule has 2 saturated heterocycles. The van der Waals surface area contributed by atoms with E-state index in [9.17, 15) is 18.0 Å². The van der Waals surface area contributed by atoms with E-state index in [0.29, 0.717) is 36.8 Å². The van der Waals surface area contributed by atoms with Gasteiger partial charge in [0.25, 0.3) is 5.91 Å². The summed E-state index contributed by atoms with van der Waals surface area (Å²) in [6, 6.07) is 4.68. The first-order valence-electron chi connectivity index (χ1n) is 10.7. The number of hydrogen-bond donors (Lipinski definition) is 1. The average Bonchev–Trinajstić information content (AvgIpc) is 3.47. The van der Waals surface area contributed by atoms with Crippen LogP contribution in [-0.4, -0.2) is 52.4 Å². The number of carbonyl (C=O) groups excluding carboxylic acids is 1. The maximum absolute atomic E-state index is 12.9. The van der Waals surface area contributed by atoms with Crippen LogP contribution in [0, 0.1) is 0 Å². The van der Waals surface area contributed by atoms with E-state index < -0.39 is 6.36 Å². The third-order valence-electron chi connectivity index (χ3n) is 6.20. The van der Waals surface area contributed by atoms with E-state index in [1.54, 1.807) is 0 Å². The molecule has 0 radical (unpaired) electrons. The smallest absolute Gasteiger partial charge is 0.406 e.